The number of hydrogen-bond acceptors (Lipinski definition) is 5. The highest BCUT2D eigenvalue weighted by Gasteiger charge is 2.20. The van der Waals surface area contributed by atoms with Crippen molar-refractivity contribution in [3.63, 3.8) is 0 Å². The molecule has 0 amide bonds. The molecule has 0 unspecified atom stereocenters. The number of aromatic nitrogens is 1. The van der Waals surface area contributed by atoms with Gasteiger partial charge in [0.25, 0.3) is 0 Å². The summed E-state index contributed by atoms with van der Waals surface area (Å²) in [5, 5.41) is 9.12. The Morgan fingerprint density at radius 3 is 2.86 bits per heavy atom. The van der Waals surface area contributed by atoms with Crippen LogP contribution in [0, 0.1) is 0 Å². The monoisotopic (exact) mass is 321 g/mol. The van der Waals surface area contributed by atoms with Gasteiger partial charge in [-0.25, -0.2) is 4.98 Å². The SMILES string of the molecule is CC(C)N(Cc1csc(CNC2CC2)n1)Cc1cccs1. The van der Waals surface area contributed by atoms with Gasteiger partial charge in [0.1, 0.15) is 5.01 Å². The summed E-state index contributed by atoms with van der Waals surface area (Å²) < 4.78 is 0. The van der Waals surface area contributed by atoms with Gasteiger partial charge in [-0.15, -0.1) is 22.7 Å². The van der Waals surface area contributed by atoms with Crippen LogP contribution in [0.15, 0.2) is 22.9 Å². The van der Waals surface area contributed by atoms with Crippen LogP contribution in [0.1, 0.15) is 42.3 Å². The molecule has 1 N–H and O–H groups in total. The molecule has 1 aliphatic carbocycles. The molecule has 0 spiro atoms. The van der Waals surface area contributed by atoms with Crippen molar-refractivity contribution in [1.29, 1.82) is 0 Å². The largest absolute Gasteiger partial charge is 0.308 e. The second-order valence-electron chi connectivity index (χ2n) is 5.97. The molecule has 3 rings (SSSR count). The van der Waals surface area contributed by atoms with Crippen LogP contribution in [-0.4, -0.2) is 22.0 Å². The Morgan fingerprint density at radius 1 is 1.33 bits per heavy atom. The molecule has 0 atom stereocenters. The van der Waals surface area contributed by atoms with Crippen LogP contribution in [0.4, 0.5) is 0 Å². The summed E-state index contributed by atoms with van der Waals surface area (Å²) in [6, 6.07) is 5.62. The van der Waals surface area contributed by atoms with E-state index < -0.39 is 0 Å². The van der Waals surface area contributed by atoms with Crippen LogP contribution in [0.2, 0.25) is 0 Å². The Bertz CT molecular complexity index is 544. The molecule has 21 heavy (non-hydrogen) atoms. The Balaban J connectivity index is 1.56. The zero-order valence-electron chi connectivity index (χ0n) is 12.7. The number of nitrogens with one attached hydrogen (secondary N) is 1. The molecule has 1 saturated carbocycles. The molecule has 5 heteroatoms. The van der Waals surface area contributed by atoms with E-state index in [1.165, 1.54) is 28.4 Å². The molecule has 1 aliphatic rings. The Hall–Kier alpha value is -0.750. The van der Waals surface area contributed by atoms with E-state index in [9.17, 15) is 0 Å². The fourth-order valence-electron chi connectivity index (χ4n) is 2.25. The van der Waals surface area contributed by atoms with Crippen LogP contribution in [0.3, 0.4) is 0 Å². The van der Waals surface area contributed by atoms with Crippen LogP contribution in [-0.2, 0) is 19.6 Å². The van der Waals surface area contributed by atoms with Gasteiger partial charge < -0.3 is 5.32 Å². The van der Waals surface area contributed by atoms with Gasteiger partial charge in [-0.05, 0) is 38.1 Å². The van der Waals surface area contributed by atoms with E-state index in [0.717, 1.165) is 25.7 Å². The van der Waals surface area contributed by atoms with Crippen molar-refractivity contribution >= 4 is 22.7 Å². The van der Waals surface area contributed by atoms with Crippen LogP contribution in [0.5, 0.6) is 0 Å². The summed E-state index contributed by atoms with van der Waals surface area (Å²) in [6.07, 6.45) is 2.67. The van der Waals surface area contributed by atoms with E-state index in [2.05, 4.69) is 47.0 Å². The van der Waals surface area contributed by atoms with Gasteiger partial charge in [-0.3, -0.25) is 4.90 Å². The van der Waals surface area contributed by atoms with E-state index in [4.69, 9.17) is 4.98 Å². The average Bonchev–Trinajstić information content (AvgIpc) is 2.96. The van der Waals surface area contributed by atoms with Gasteiger partial charge in [-0.2, -0.15) is 0 Å². The van der Waals surface area contributed by atoms with E-state index in [1.807, 2.05) is 11.3 Å². The highest BCUT2D eigenvalue weighted by atomic mass is 32.1. The quantitative estimate of drug-likeness (QED) is 0.800. The summed E-state index contributed by atoms with van der Waals surface area (Å²) in [7, 11) is 0. The summed E-state index contributed by atoms with van der Waals surface area (Å²) in [5.74, 6) is 0. The van der Waals surface area contributed by atoms with E-state index in [0.29, 0.717) is 6.04 Å². The summed E-state index contributed by atoms with van der Waals surface area (Å²) in [5.41, 5.74) is 1.21. The maximum absolute atomic E-state index is 4.78. The van der Waals surface area contributed by atoms with Crippen molar-refractivity contribution in [2.45, 2.75) is 58.4 Å². The molecule has 3 nitrogen and oxygen atoms in total. The van der Waals surface area contributed by atoms with Crippen molar-refractivity contribution in [2.75, 3.05) is 0 Å². The molecule has 0 bridgehead atoms. The Labute approximate surface area is 135 Å². The minimum absolute atomic E-state index is 0.529. The first-order chi connectivity index (χ1) is 10.2. The van der Waals surface area contributed by atoms with Crippen molar-refractivity contribution < 1.29 is 0 Å². The highest BCUT2D eigenvalue weighted by Crippen LogP contribution is 2.21. The van der Waals surface area contributed by atoms with Crippen LogP contribution < -0.4 is 5.32 Å². The zero-order valence-corrected chi connectivity index (χ0v) is 14.3. The normalized spacial score (nSPS) is 15.2. The summed E-state index contributed by atoms with van der Waals surface area (Å²) >= 11 is 3.62. The molecule has 0 aromatic carbocycles. The lowest BCUT2D eigenvalue weighted by Crippen LogP contribution is -2.29. The lowest BCUT2D eigenvalue weighted by atomic mass is 10.2. The van der Waals surface area contributed by atoms with Gasteiger partial charge in [0.05, 0.1) is 5.69 Å². The Morgan fingerprint density at radius 2 is 2.19 bits per heavy atom. The second-order valence-corrected chi connectivity index (χ2v) is 7.94. The number of nitrogens with zero attached hydrogens (tertiary/aromatic N) is 2. The second kappa shape index (κ2) is 7.01. The van der Waals surface area contributed by atoms with Crippen molar-refractivity contribution in [3.8, 4) is 0 Å². The molecule has 0 aliphatic heterocycles. The van der Waals surface area contributed by atoms with Crippen LogP contribution >= 0.6 is 22.7 Å². The van der Waals surface area contributed by atoms with Crippen molar-refractivity contribution in [2.24, 2.45) is 0 Å². The van der Waals surface area contributed by atoms with Gasteiger partial charge in [0, 0.05) is 42.0 Å². The van der Waals surface area contributed by atoms with Crippen molar-refractivity contribution in [3.05, 3.63) is 38.5 Å². The van der Waals surface area contributed by atoms with Gasteiger partial charge in [0.15, 0.2) is 0 Å². The van der Waals surface area contributed by atoms with Crippen molar-refractivity contribution in [1.82, 2.24) is 15.2 Å². The lowest BCUT2D eigenvalue weighted by Gasteiger charge is -2.24. The lowest BCUT2D eigenvalue weighted by molar-refractivity contribution is 0.203. The fraction of sp³-hybridized carbons (Fsp3) is 0.562. The third-order valence-electron chi connectivity index (χ3n) is 3.75. The fourth-order valence-corrected chi connectivity index (χ4v) is 3.72. The zero-order chi connectivity index (χ0) is 14.7. The first kappa shape index (κ1) is 15.2. The number of thiazole rings is 1. The number of hydrogen-bond donors (Lipinski definition) is 1. The maximum atomic E-state index is 4.78. The minimum atomic E-state index is 0.529. The van der Waals surface area contributed by atoms with Gasteiger partial charge in [-0.1, -0.05) is 6.07 Å². The molecule has 2 aromatic rings. The number of thiophene rings is 1. The standard InChI is InChI=1S/C16H23N3S2/c1-12(2)19(10-15-4-3-7-20-15)9-14-11-21-16(18-14)8-17-13-5-6-13/h3-4,7,11-13,17H,5-6,8-10H2,1-2H3. The van der Waals surface area contributed by atoms with E-state index in [1.54, 1.807) is 11.3 Å². The van der Waals surface area contributed by atoms with Gasteiger partial charge >= 0.3 is 0 Å². The number of rotatable bonds is 8. The molecule has 2 aromatic heterocycles. The third-order valence-corrected chi connectivity index (χ3v) is 5.51. The minimum Gasteiger partial charge on any atom is -0.308 e. The molecule has 2 heterocycles. The molecular weight excluding hydrogens is 298 g/mol. The van der Waals surface area contributed by atoms with E-state index >= 15 is 0 Å². The maximum Gasteiger partial charge on any atom is 0.107 e. The molecule has 1 fully saturated rings. The molecule has 0 radical (unpaired) electrons. The topological polar surface area (TPSA) is 28.2 Å². The van der Waals surface area contributed by atoms with Crippen LogP contribution in [0.25, 0.3) is 0 Å². The summed E-state index contributed by atoms with van der Waals surface area (Å²) in [6.45, 7) is 7.41. The third kappa shape index (κ3) is 4.61. The first-order valence-electron chi connectivity index (χ1n) is 7.64. The molecule has 114 valence electrons. The molecular formula is C16H23N3S2. The predicted octanol–water partition coefficient (Wildman–Crippen LogP) is 3.87. The first-order valence-corrected chi connectivity index (χ1v) is 9.39. The molecule has 0 saturated heterocycles. The Kier molecular flexibility index (Phi) is 5.06. The predicted molar refractivity (Wildman–Crippen MR) is 90.7 cm³/mol. The van der Waals surface area contributed by atoms with Gasteiger partial charge in [0.2, 0.25) is 0 Å². The average molecular weight is 322 g/mol. The highest BCUT2D eigenvalue weighted by molar-refractivity contribution is 7.10. The summed E-state index contributed by atoms with van der Waals surface area (Å²) in [4.78, 5) is 8.69. The van der Waals surface area contributed by atoms with E-state index in [-0.39, 0.29) is 0 Å². The smallest absolute Gasteiger partial charge is 0.107 e.